The SMILES string of the molecule is COCCCn1c(C)c[n+]2c1N=C1C2C(=O)N(CCN2CCOCC2)C(=O)N1C. The van der Waals surface area contributed by atoms with Gasteiger partial charge in [0.15, 0.2) is 0 Å². The van der Waals surface area contributed by atoms with E-state index in [9.17, 15) is 9.59 Å². The van der Waals surface area contributed by atoms with Crippen molar-refractivity contribution in [2.24, 2.45) is 4.99 Å². The summed E-state index contributed by atoms with van der Waals surface area (Å²) in [6.45, 7) is 7.47. The maximum atomic E-state index is 13.3. The normalized spacial score (nSPS) is 22.2. The largest absolute Gasteiger partial charge is 0.401 e. The minimum Gasteiger partial charge on any atom is -0.385 e. The molecule has 10 nitrogen and oxygen atoms in total. The molecule has 3 aliphatic heterocycles. The maximum Gasteiger partial charge on any atom is 0.401 e. The van der Waals surface area contributed by atoms with E-state index in [1.807, 2.05) is 17.7 Å². The number of carbonyl (C=O) groups is 2. The summed E-state index contributed by atoms with van der Waals surface area (Å²) in [4.78, 5) is 35.9. The van der Waals surface area contributed by atoms with E-state index in [2.05, 4.69) is 14.5 Å². The molecule has 0 saturated carbocycles. The second-order valence-electron chi connectivity index (χ2n) is 7.63. The number of morpholine rings is 1. The Hall–Kier alpha value is -2.30. The van der Waals surface area contributed by atoms with Gasteiger partial charge < -0.3 is 9.47 Å². The minimum absolute atomic E-state index is 0.210. The molecule has 10 heteroatoms. The Morgan fingerprint density at radius 3 is 2.72 bits per heavy atom. The molecule has 1 aromatic rings. The summed E-state index contributed by atoms with van der Waals surface area (Å²) in [7, 11) is 3.37. The molecule has 158 valence electrons. The molecule has 4 rings (SSSR count). The summed E-state index contributed by atoms with van der Waals surface area (Å²) in [5, 5.41) is 0. The summed E-state index contributed by atoms with van der Waals surface area (Å²) >= 11 is 0. The van der Waals surface area contributed by atoms with Crippen LogP contribution in [-0.4, -0.2) is 97.2 Å². The van der Waals surface area contributed by atoms with Gasteiger partial charge in [-0.2, -0.15) is 0 Å². The first-order valence-electron chi connectivity index (χ1n) is 10.1. The second kappa shape index (κ2) is 8.21. The number of urea groups is 1. The Kier molecular flexibility index (Phi) is 5.66. The molecule has 2 fully saturated rings. The Labute approximate surface area is 170 Å². The smallest absolute Gasteiger partial charge is 0.385 e. The van der Waals surface area contributed by atoms with Gasteiger partial charge in [-0.15, -0.1) is 0 Å². The lowest BCUT2D eigenvalue weighted by atomic mass is 10.1. The zero-order valence-corrected chi connectivity index (χ0v) is 17.3. The van der Waals surface area contributed by atoms with Crippen molar-refractivity contribution in [2.75, 3.05) is 60.2 Å². The number of nitrogens with zero attached hydrogens (tertiary/aromatic N) is 6. The number of methoxy groups -OCH3 is 1. The molecule has 1 atom stereocenters. The van der Waals surface area contributed by atoms with Crippen LogP contribution in [0.3, 0.4) is 0 Å². The molecule has 1 unspecified atom stereocenters. The summed E-state index contributed by atoms with van der Waals surface area (Å²) in [5.41, 5.74) is 1.03. The number of imide groups is 1. The van der Waals surface area contributed by atoms with Crippen LogP contribution in [0, 0.1) is 6.92 Å². The number of ether oxygens (including phenoxy) is 2. The fourth-order valence-electron chi connectivity index (χ4n) is 4.15. The van der Waals surface area contributed by atoms with E-state index in [0.717, 1.165) is 31.7 Å². The summed E-state index contributed by atoms with van der Waals surface area (Å²) in [6.07, 6.45) is 2.80. The van der Waals surface area contributed by atoms with E-state index >= 15 is 0 Å². The Balaban J connectivity index is 1.55. The highest BCUT2D eigenvalue weighted by Gasteiger charge is 2.53. The van der Waals surface area contributed by atoms with Crippen LogP contribution in [0.2, 0.25) is 0 Å². The number of amides is 3. The van der Waals surface area contributed by atoms with Gasteiger partial charge in [0.1, 0.15) is 11.9 Å². The van der Waals surface area contributed by atoms with Gasteiger partial charge in [0.2, 0.25) is 11.9 Å². The molecule has 0 N–H and O–H groups in total. The number of fused-ring (bicyclic) bond motifs is 3. The highest BCUT2D eigenvalue weighted by atomic mass is 16.5. The predicted molar refractivity (Wildman–Crippen MR) is 104 cm³/mol. The van der Waals surface area contributed by atoms with E-state index in [-0.39, 0.29) is 11.9 Å². The van der Waals surface area contributed by atoms with Gasteiger partial charge in [-0.3, -0.25) is 19.5 Å². The number of aryl methyl sites for hydroxylation is 1. The minimum atomic E-state index is -0.584. The van der Waals surface area contributed by atoms with E-state index in [1.165, 1.54) is 9.80 Å². The molecule has 2 saturated heterocycles. The average molecular weight is 405 g/mol. The van der Waals surface area contributed by atoms with Crippen LogP contribution in [0.25, 0.3) is 0 Å². The molecular weight excluding hydrogens is 376 g/mol. The van der Waals surface area contributed by atoms with Crippen molar-refractivity contribution in [2.45, 2.75) is 25.9 Å². The van der Waals surface area contributed by atoms with Gasteiger partial charge in [0, 0.05) is 53.4 Å². The van der Waals surface area contributed by atoms with Crippen LogP contribution in [0.1, 0.15) is 18.2 Å². The Morgan fingerprint density at radius 1 is 1.24 bits per heavy atom. The number of amidine groups is 1. The fourth-order valence-corrected chi connectivity index (χ4v) is 4.15. The monoisotopic (exact) mass is 405 g/mol. The van der Waals surface area contributed by atoms with E-state index < -0.39 is 6.04 Å². The van der Waals surface area contributed by atoms with Crippen LogP contribution in [-0.2, 0) is 20.8 Å². The third kappa shape index (κ3) is 3.56. The number of rotatable bonds is 7. The standard InChI is InChI=1S/C19H29N6O4/c1-14-13-25-15-16(20-18(25)23(14)5-4-10-28-3)21(2)19(27)24(17(15)26)7-6-22-8-11-29-12-9-22/h13,15H,4-12H2,1-3H3/q+1. The van der Waals surface area contributed by atoms with E-state index in [1.54, 1.807) is 14.2 Å². The first-order valence-corrected chi connectivity index (χ1v) is 10.1. The van der Waals surface area contributed by atoms with Gasteiger partial charge in [-0.1, -0.05) is 4.99 Å². The van der Waals surface area contributed by atoms with Gasteiger partial charge >= 0.3 is 12.0 Å². The van der Waals surface area contributed by atoms with Crippen molar-refractivity contribution in [3.05, 3.63) is 11.9 Å². The van der Waals surface area contributed by atoms with Crippen LogP contribution < -0.4 is 4.57 Å². The third-order valence-electron chi connectivity index (χ3n) is 5.80. The molecule has 29 heavy (non-hydrogen) atoms. The van der Waals surface area contributed by atoms with Gasteiger partial charge in [0.05, 0.1) is 19.8 Å². The molecule has 0 spiro atoms. The van der Waals surface area contributed by atoms with Crippen LogP contribution in [0.15, 0.2) is 11.2 Å². The van der Waals surface area contributed by atoms with Gasteiger partial charge in [0.25, 0.3) is 5.91 Å². The zero-order chi connectivity index (χ0) is 20.5. The average Bonchev–Trinajstić information content (AvgIpc) is 3.23. The lowest BCUT2D eigenvalue weighted by Crippen LogP contribution is -2.63. The van der Waals surface area contributed by atoms with Gasteiger partial charge in [-0.05, 0) is 6.92 Å². The summed E-state index contributed by atoms with van der Waals surface area (Å²) < 4.78 is 14.5. The number of aromatic nitrogens is 2. The lowest BCUT2D eigenvalue weighted by Gasteiger charge is -2.35. The molecule has 3 amide bonds. The van der Waals surface area contributed by atoms with Crippen LogP contribution in [0.5, 0.6) is 0 Å². The topological polar surface area (TPSA) is 83.5 Å². The van der Waals surface area contributed by atoms with Crippen molar-refractivity contribution < 1.29 is 23.6 Å². The fraction of sp³-hybridized carbons (Fsp3) is 0.684. The number of hydrogen-bond acceptors (Lipinski definition) is 6. The third-order valence-corrected chi connectivity index (χ3v) is 5.80. The molecule has 0 radical (unpaired) electrons. The number of hydrogen-bond donors (Lipinski definition) is 0. The predicted octanol–water partition coefficient (Wildman–Crippen LogP) is -0.0686. The first-order chi connectivity index (χ1) is 14.0. The number of imidazole rings is 1. The zero-order valence-electron chi connectivity index (χ0n) is 17.3. The molecule has 4 heterocycles. The van der Waals surface area contributed by atoms with Crippen molar-refractivity contribution in [1.82, 2.24) is 19.3 Å². The van der Waals surface area contributed by atoms with Crippen LogP contribution >= 0.6 is 0 Å². The first kappa shape index (κ1) is 20.0. The molecule has 0 aliphatic carbocycles. The molecular formula is C19H29N6O4+. The van der Waals surface area contributed by atoms with Crippen LogP contribution in [0.4, 0.5) is 10.7 Å². The van der Waals surface area contributed by atoms with Crippen molar-refractivity contribution in [3.63, 3.8) is 0 Å². The number of likely N-dealkylation sites (N-methyl/N-ethyl adjacent to an activating group) is 1. The summed E-state index contributed by atoms with van der Waals surface area (Å²) in [6, 6.07) is -0.897. The highest BCUT2D eigenvalue weighted by molar-refractivity contribution is 6.19. The Bertz CT molecular complexity index is 829. The van der Waals surface area contributed by atoms with Crippen molar-refractivity contribution in [3.8, 4) is 0 Å². The Morgan fingerprint density at radius 2 is 2.00 bits per heavy atom. The summed E-state index contributed by atoms with van der Waals surface area (Å²) in [5.74, 6) is 0.998. The second-order valence-corrected chi connectivity index (χ2v) is 7.63. The van der Waals surface area contributed by atoms with Crippen molar-refractivity contribution >= 4 is 23.7 Å². The maximum absolute atomic E-state index is 13.3. The molecule has 1 aromatic heterocycles. The highest BCUT2D eigenvalue weighted by Crippen LogP contribution is 2.29. The quantitative estimate of drug-likeness (QED) is 0.469. The van der Waals surface area contributed by atoms with Gasteiger partial charge in [-0.25, -0.2) is 13.9 Å². The van der Waals surface area contributed by atoms with E-state index in [4.69, 9.17) is 9.47 Å². The molecule has 0 aromatic carbocycles. The van der Waals surface area contributed by atoms with Crippen molar-refractivity contribution in [1.29, 1.82) is 0 Å². The number of aliphatic imine (C=N–C) groups is 1. The lowest BCUT2D eigenvalue weighted by molar-refractivity contribution is -0.677. The van der Waals surface area contributed by atoms with E-state index in [0.29, 0.717) is 44.7 Å². The molecule has 3 aliphatic rings. The number of carbonyl (C=O) groups excluding carboxylic acids is 2. The molecule has 0 bridgehead atoms.